The largest absolute Gasteiger partial charge is 0.350 e. The number of benzene rings is 1. The third kappa shape index (κ3) is 5.17. The fourth-order valence-electron chi connectivity index (χ4n) is 2.40. The molecule has 0 aromatic heterocycles. The molecule has 6 nitrogen and oxygen atoms in total. The molecule has 0 aliphatic carbocycles. The van der Waals surface area contributed by atoms with Gasteiger partial charge in [-0.15, -0.1) is 0 Å². The van der Waals surface area contributed by atoms with Crippen LogP contribution in [0.3, 0.4) is 0 Å². The number of hydrazone groups is 1. The minimum atomic E-state index is -0.658. The fourth-order valence-corrected chi connectivity index (χ4v) is 2.40. The lowest BCUT2D eigenvalue weighted by Gasteiger charge is -2.34. The van der Waals surface area contributed by atoms with E-state index >= 15 is 0 Å². The highest BCUT2D eigenvalue weighted by Gasteiger charge is 2.15. The number of amides is 2. The maximum Gasteiger partial charge on any atom is 0.332 e. The lowest BCUT2D eigenvalue weighted by atomic mass is 10.1. The van der Waals surface area contributed by atoms with Gasteiger partial charge in [-0.1, -0.05) is 31.2 Å². The molecule has 1 aliphatic heterocycles. The van der Waals surface area contributed by atoms with Gasteiger partial charge in [0.1, 0.15) is 0 Å². The van der Waals surface area contributed by atoms with Crippen molar-refractivity contribution < 1.29 is 4.79 Å². The average Bonchev–Trinajstić information content (AvgIpc) is 2.49. The molecule has 0 atom stereocenters. The molecule has 0 spiro atoms. The molecule has 2 rings (SSSR count). The maximum atomic E-state index is 10.5. The Labute approximate surface area is 125 Å². The summed E-state index contributed by atoms with van der Waals surface area (Å²) in [5.41, 5.74) is 9.34. The van der Waals surface area contributed by atoms with E-state index in [4.69, 9.17) is 5.73 Å². The number of likely N-dealkylation sites (N-methyl/N-ethyl adjacent to an activating group) is 1. The topological polar surface area (TPSA) is 74.0 Å². The second-order valence-corrected chi connectivity index (χ2v) is 5.19. The van der Waals surface area contributed by atoms with E-state index in [9.17, 15) is 4.79 Å². The summed E-state index contributed by atoms with van der Waals surface area (Å²) >= 11 is 0. The predicted octanol–water partition coefficient (Wildman–Crippen LogP) is 0.826. The summed E-state index contributed by atoms with van der Waals surface area (Å²) in [5.74, 6) is 0. The second-order valence-electron chi connectivity index (χ2n) is 5.19. The first-order chi connectivity index (χ1) is 10.2. The van der Waals surface area contributed by atoms with Gasteiger partial charge in [0.25, 0.3) is 0 Å². The number of piperazine rings is 1. The molecule has 21 heavy (non-hydrogen) atoms. The lowest BCUT2D eigenvalue weighted by molar-refractivity contribution is 0.132. The summed E-state index contributed by atoms with van der Waals surface area (Å²) in [6.45, 7) is 8.89. The van der Waals surface area contributed by atoms with Crippen LogP contribution in [0.1, 0.15) is 18.1 Å². The van der Waals surface area contributed by atoms with E-state index < -0.39 is 6.03 Å². The number of hydrogen-bond donors (Lipinski definition) is 2. The first kappa shape index (κ1) is 15.5. The molecule has 6 heteroatoms. The molecule has 3 N–H and O–H groups in total. The number of rotatable bonds is 5. The zero-order valence-corrected chi connectivity index (χ0v) is 12.5. The third-order valence-electron chi connectivity index (χ3n) is 3.69. The monoisotopic (exact) mass is 289 g/mol. The number of nitrogens with one attached hydrogen (secondary N) is 1. The van der Waals surface area contributed by atoms with E-state index in [1.54, 1.807) is 6.21 Å². The Hall–Kier alpha value is -1.92. The molecule has 1 saturated heterocycles. The van der Waals surface area contributed by atoms with Gasteiger partial charge in [-0.05, 0) is 17.7 Å². The van der Waals surface area contributed by atoms with Gasteiger partial charge in [-0.3, -0.25) is 4.90 Å². The van der Waals surface area contributed by atoms with E-state index in [-0.39, 0.29) is 0 Å². The highest BCUT2D eigenvalue weighted by atomic mass is 16.2. The van der Waals surface area contributed by atoms with Crippen molar-refractivity contribution >= 4 is 12.2 Å². The van der Waals surface area contributed by atoms with E-state index in [0.29, 0.717) is 0 Å². The predicted molar refractivity (Wildman–Crippen MR) is 84.1 cm³/mol. The third-order valence-corrected chi connectivity index (χ3v) is 3.69. The number of nitrogens with zero attached hydrogens (tertiary/aromatic N) is 3. The van der Waals surface area contributed by atoms with Gasteiger partial charge >= 0.3 is 6.03 Å². The van der Waals surface area contributed by atoms with Gasteiger partial charge in [0.15, 0.2) is 0 Å². The summed E-state index contributed by atoms with van der Waals surface area (Å²) in [6, 6.07) is 7.51. The van der Waals surface area contributed by atoms with Crippen molar-refractivity contribution in [3.63, 3.8) is 0 Å². The number of carbonyl (C=O) groups is 1. The zero-order valence-electron chi connectivity index (χ0n) is 12.5. The van der Waals surface area contributed by atoms with Crippen LogP contribution in [0.2, 0.25) is 0 Å². The van der Waals surface area contributed by atoms with E-state index in [1.165, 1.54) is 5.56 Å². The highest BCUT2D eigenvalue weighted by Crippen LogP contribution is 2.09. The molecule has 1 fully saturated rings. The Bertz CT molecular complexity index is 477. The summed E-state index contributed by atoms with van der Waals surface area (Å²) < 4.78 is 0. The molecule has 1 aliphatic rings. The number of nitrogens with two attached hydrogens (primary N) is 1. The molecule has 1 heterocycles. The van der Waals surface area contributed by atoms with E-state index in [2.05, 4.69) is 39.4 Å². The van der Waals surface area contributed by atoms with Crippen LogP contribution in [-0.2, 0) is 6.54 Å². The minimum Gasteiger partial charge on any atom is -0.350 e. The standard InChI is InChI=1S/C15H23N5O/c1-2-19-7-9-20(10-8-19)12-14-5-3-13(4-6-14)11-17-18-15(16)21/h3-6,11H,2,7-10,12H2,1H3,(H3,16,18,21). The Morgan fingerprint density at radius 1 is 1.24 bits per heavy atom. The maximum absolute atomic E-state index is 10.5. The minimum absolute atomic E-state index is 0.658. The zero-order chi connectivity index (χ0) is 15.1. The SMILES string of the molecule is CCN1CCN(Cc2ccc(C=NNC(N)=O)cc2)CC1. The fraction of sp³-hybridized carbons (Fsp3) is 0.467. The van der Waals surface area contributed by atoms with E-state index in [0.717, 1.165) is 44.8 Å². The van der Waals surface area contributed by atoms with Crippen LogP contribution in [0.15, 0.2) is 29.4 Å². The van der Waals surface area contributed by atoms with Gasteiger partial charge in [0.2, 0.25) is 0 Å². The lowest BCUT2D eigenvalue weighted by Crippen LogP contribution is -2.45. The normalized spacial score (nSPS) is 17.2. The summed E-state index contributed by atoms with van der Waals surface area (Å²) in [6.07, 6.45) is 1.58. The first-order valence-corrected chi connectivity index (χ1v) is 7.29. The van der Waals surface area contributed by atoms with Crippen molar-refractivity contribution in [2.24, 2.45) is 10.8 Å². The molecular weight excluding hydrogens is 266 g/mol. The molecule has 0 bridgehead atoms. The number of primary amides is 1. The highest BCUT2D eigenvalue weighted by molar-refractivity contribution is 5.81. The van der Waals surface area contributed by atoms with Crippen molar-refractivity contribution in [2.45, 2.75) is 13.5 Å². The van der Waals surface area contributed by atoms with Crippen LogP contribution in [0, 0.1) is 0 Å². The van der Waals surface area contributed by atoms with Gasteiger partial charge < -0.3 is 10.6 Å². The number of urea groups is 1. The van der Waals surface area contributed by atoms with Gasteiger partial charge in [0.05, 0.1) is 6.21 Å². The van der Waals surface area contributed by atoms with Crippen LogP contribution < -0.4 is 11.2 Å². The van der Waals surface area contributed by atoms with Crippen molar-refractivity contribution in [1.29, 1.82) is 0 Å². The molecule has 1 aromatic rings. The van der Waals surface area contributed by atoms with Gasteiger partial charge in [-0.25, -0.2) is 10.2 Å². The summed E-state index contributed by atoms with van der Waals surface area (Å²) in [4.78, 5) is 15.4. The molecule has 1 aromatic carbocycles. The average molecular weight is 289 g/mol. The second kappa shape index (κ2) is 7.75. The van der Waals surface area contributed by atoms with Crippen molar-refractivity contribution in [1.82, 2.24) is 15.2 Å². The molecule has 0 radical (unpaired) electrons. The first-order valence-electron chi connectivity index (χ1n) is 7.29. The Kier molecular flexibility index (Phi) is 5.71. The van der Waals surface area contributed by atoms with E-state index in [1.807, 2.05) is 12.1 Å². The number of carbonyl (C=O) groups excluding carboxylic acids is 1. The summed E-state index contributed by atoms with van der Waals surface area (Å²) in [5, 5.41) is 3.74. The molecule has 0 unspecified atom stereocenters. The van der Waals surface area contributed by atoms with Crippen LogP contribution in [0.4, 0.5) is 4.79 Å². The molecule has 0 saturated carbocycles. The van der Waals surface area contributed by atoms with Gasteiger partial charge in [0, 0.05) is 32.7 Å². The summed E-state index contributed by atoms with van der Waals surface area (Å²) in [7, 11) is 0. The van der Waals surface area contributed by atoms with Crippen molar-refractivity contribution in [2.75, 3.05) is 32.7 Å². The molecule has 2 amide bonds. The Morgan fingerprint density at radius 2 is 1.86 bits per heavy atom. The molecule has 114 valence electrons. The Morgan fingerprint density at radius 3 is 2.43 bits per heavy atom. The quantitative estimate of drug-likeness (QED) is 0.623. The van der Waals surface area contributed by atoms with Crippen molar-refractivity contribution in [3.8, 4) is 0 Å². The van der Waals surface area contributed by atoms with Crippen LogP contribution in [-0.4, -0.2) is 54.8 Å². The smallest absolute Gasteiger partial charge is 0.332 e. The number of hydrogen-bond acceptors (Lipinski definition) is 4. The van der Waals surface area contributed by atoms with Crippen LogP contribution in [0.25, 0.3) is 0 Å². The van der Waals surface area contributed by atoms with Crippen molar-refractivity contribution in [3.05, 3.63) is 35.4 Å². The van der Waals surface area contributed by atoms with Crippen LogP contribution >= 0.6 is 0 Å². The molecular formula is C15H23N5O. The van der Waals surface area contributed by atoms with Crippen LogP contribution in [0.5, 0.6) is 0 Å². The Balaban J connectivity index is 1.82. The van der Waals surface area contributed by atoms with Gasteiger partial charge in [-0.2, -0.15) is 5.10 Å².